The van der Waals surface area contributed by atoms with E-state index in [4.69, 9.17) is 16.3 Å². The van der Waals surface area contributed by atoms with E-state index in [-0.39, 0.29) is 5.56 Å². The summed E-state index contributed by atoms with van der Waals surface area (Å²) in [5.41, 5.74) is -0.558. The molecule has 106 valence electrons. The predicted octanol–water partition coefficient (Wildman–Crippen LogP) is 3.04. The summed E-state index contributed by atoms with van der Waals surface area (Å²) in [5, 5.41) is 12.0. The third kappa shape index (κ3) is 5.04. The van der Waals surface area contributed by atoms with Crippen molar-refractivity contribution in [2.75, 3.05) is 6.61 Å². The van der Waals surface area contributed by atoms with Crippen molar-refractivity contribution in [2.45, 2.75) is 32.4 Å². The zero-order valence-corrected chi connectivity index (χ0v) is 11.8. The average Bonchev–Trinajstić information content (AvgIpc) is 2.27. The summed E-state index contributed by atoms with van der Waals surface area (Å²) >= 11 is 5.77. The highest BCUT2D eigenvalue weighted by Gasteiger charge is 2.22. The number of nitrogens with one attached hydrogen (secondary N) is 1. The molecule has 1 aromatic carbocycles. The van der Waals surface area contributed by atoms with Crippen LogP contribution < -0.4 is 5.32 Å². The van der Waals surface area contributed by atoms with Crippen molar-refractivity contribution in [1.82, 2.24) is 5.32 Å². The van der Waals surface area contributed by atoms with Gasteiger partial charge in [-0.3, -0.25) is 0 Å². The van der Waals surface area contributed by atoms with Crippen molar-refractivity contribution in [3.8, 4) is 0 Å². The number of rotatable bonds is 3. The molecule has 0 radical (unpaired) electrons. The van der Waals surface area contributed by atoms with E-state index in [1.807, 2.05) is 0 Å². The molecule has 0 heterocycles. The van der Waals surface area contributed by atoms with E-state index in [0.29, 0.717) is 5.02 Å². The first-order valence-corrected chi connectivity index (χ1v) is 6.16. The fourth-order valence-corrected chi connectivity index (χ4v) is 1.63. The molecular weight excluding hydrogens is 273 g/mol. The maximum Gasteiger partial charge on any atom is 0.408 e. The van der Waals surface area contributed by atoms with Crippen LogP contribution in [0.5, 0.6) is 0 Å². The Morgan fingerprint density at radius 3 is 2.68 bits per heavy atom. The minimum atomic E-state index is -0.909. The lowest BCUT2D eigenvalue weighted by Crippen LogP contribution is -2.36. The zero-order chi connectivity index (χ0) is 14.6. The highest BCUT2D eigenvalue weighted by atomic mass is 35.5. The van der Waals surface area contributed by atoms with Crippen molar-refractivity contribution in [3.05, 3.63) is 34.6 Å². The van der Waals surface area contributed by atoms with Crippen LogP contribution in [0.15, 0.2) is 18.2 Å². The van der Waals surface area contributed by atoms with E-state index in [1.54, 1.807) is 20.8 Å². The van der Waals surface area contributed by atoms with Crippen LogP contribution >= 0.6 is 11.6 Å². The van der Waals surface area contributed by atoms with Crippen LogP contribution in [0.2, 0.25) is 5.02 Å². The van der Waals surface area contributed by atoms with Crippen LogP contribution in [0.25, 0.3) is 0 Å². The molecule has 1 unspecified atom stereocenters. The topological polar surface area (TPSA) is 58.6 Å². The highest BCUT2D eigenvalue weighted by molar-refractivity contribution is 6.30. The molecule has 1 atom stereocenters. The summed E-state index contributed by atoms with van der Waals surface area (Å²) in [6, 6.07) is 3.02. The largest absolute Gasteiger partial charge is 0.444 e. The van der Waals surface area contributed by atoms with E-state index >= 15 is 0 Å². The van der Waals surface area contributed by atoms with E-state index in [1.165, 1.54) is 18.2 Å². The van der Waals surface area contributed by atoms with Crippen molar-refractivity contribution in [1.29, 1.82) is 0 Å². The zero-order valence-electron chi connectivity index (χ0n) is 11.0. The Kier molecular flexibility index (Phi) is 5.14. The van der Waals surface area contributed by atoms with Gasteiger partial charge in [0.2, 0.25) is 0 Å². The SMILES string of the molecule is CC(C)(C)OC(=O)NC(CO)c1cc(Cl)ccc1F. The molecule has 0 aromatic heterocycles. The van der Waals surface area contributed by atoms with Gasteiger partial charge in [0.15, 0.2) is 0 Å². The summed E-state index contributed by atoms with van der Waals surface area (Å²) in [5.74, 6) is -0.556. The number of hydrogen-bond acceptors (Lipinski definition) is 3. The van der Waals surface area contributed by atoms with Gasteiger partial charge in [0, 0.05) is 10.6 Å². The third-order valence-electron chi connectivity index (χ3n) is 2.21. The molecule has 0 saturated heterocycles. The second kappa shape index (κ2) is 6.21. The van der Waals surface area contributed by atoms with Crippen molar-refractivity contribution in [2.24, 2.45) is 0 Å². The fourth-order valence-electron chi connectivity index (χ4n) is 1.45. The molecule has 19 heavy (non-hydrogen) atoms. The normalized spacial score (nSPS) is 12.9. The van der Waals surface area contributed by atoms with Gasteiger partial charge >= 0.3 is 6.09 Å². The lowest BCUT2D eigenvalue weighted by Gasteiger charge is -2.23. The van der Waals surface area contributed by atoms with Gasteiger partial charge in [-0.2, -0.15) is 0 Å². The number of carbonyl (C=O) groups excluding carboxylic acids is 1. The molecule has 0 saturated carbocycles. The molecule has 0 bridgehead atoms. The molecular formula is C13H17ClFNO3. The Labute approximate surface area is 116 Å². The van der Waals surface area contributed by atoms with Gasteiger partial charge in [-0.25, -0.2) is 9.18 Å². The Balaban J connectivity index is 2.84. The van der Waals surface area contributed by atoms with Crippen molar-refractivity contribution < 1.29 is 19.0 Å². The molecule has 1 aromatic rings. The second-order valence-electron chi connectivity index (χ2n) is 5.05. The van der Waals surface area contributed by atoms with Crippen LogP contribution in [0, 0.1) is 5.82 Å². The van der Waals surface area contributed by atoms with E-state index in [0.717, 1.165) is 0 Å². The quantitative estimate of drug-likeness (QED) is 0.899. The number of aliphatic hydroxyl groups excluding tert-OH is 1. The highest BCUT2D eigenvalue weighted by Crippen LogP contribution is 2.21. The molecule has 0 aliphatic heterocycles. The number of hydrogen-bond donors (Lipinski definition) is 2. The molecule has 1 amide bonds. The number of ether oxygens (including phenoxy) is 1. The number of carbonyl (C=O) groups is 1. The first-order chi connectivity index (χ1) is 8.73. The summed E-state index contributed by atoms with van der Waals surface area (Å²) in [6.07, 6.45) is -0.731. The van der Waals surface area contributed by atoms with E-state index in [9.17, 15) is 14.3 Å². The maximum absolute atomic E-state index is 13.6. The van der Waals surface area contributed by atoms with Crippen LogP contribution in [0.1, 0.15) is 32.4 Å². The molecule has 6 heteroatoms. The number of amides is 1. The molecule has 0 fully saturated rings. The Hall–Kier alpha value is -1.33. The van der Waals surface area contributed by atoms with E-state index in [2.05, 4.69) is 5.32 Å². The monoisotopic (exact) mass is 289 g/mol. The second-order valence-corrected chi connectivity index (χ2v) is 5.48. The number of benzene rings is 1. The maximum atomic E-state index is 13.6. The van der Waals surface area contributed by atoms with Gasteiger partial charge in [0.05, 0.1) is 12.6 Å². The third-order valence-corrected chi connectivity index (χ3v) is 2.44. The molecule has 4 nitrogen and oxygen atoms in total. The Bertz CT molecular complexity index is 460. The van der Waals surface area contributed by atoms with Gasteiger partial charge in [0.1, 0.15) is 11.4 Å². The summed E-state index contributed by atoms with van der Waals surface area (Å²) in [4.78, 5) is 11.6. The van der Waals surface area contributed by atoms with Gasteiger partial charge in [-0.15, -0.1) is 0 Å². The number of aliphatic hydroxyl groups is 1. The molecule has 0 spiro atoms. The smallest absolute Gasteiger partial charge is 0.408 e. The lowest BCUT2D eigenvalue weighted by molar-refractivity contribution is 0.0480. The molecule has 2 N–H and O–H groups in total. The molecule has 0 aliphatic rings. The fraction of sp³-hybridized carbons (Fsp3) is 0.462. The van der Waals surface area contributed by atoms with Crippen LogP contribution in [0.4, 0.5) is 9.18 Å². The summed E-state index contributed by atoms with van der Waals surface area (Å²) in [6.45, 7) is 4.66. The lowest BCUT2D eigenvalue weighted by atomic mass is 10.1. The summed E-state index contributed by atoms with van der Waals surface area (Å²) < 4.78 is 18.7. The minimum Gasteiger partial charge on any atom is -0.444 e. The molecule has 0 aliphatic carbocycles. The first-order valence-electron chi connectivity index (χ1n) is 5.78. The van der Waals surface area contributed by atoms with Crippen LogP contribution in [-0.4, -0.2) is 23.4 Å². The Morgan fingerprint density at radius 2 is 2.16 bits per heavy atom. The standard InChI is InChI=1S/C13H17ClFNO3/c1-13(2,3)19-12(18)16-11(7-17)9-6-8(14)4-5-10(9)15/h4-6,11,17H,7H2,1-3H3,(H,16,18). The number of halogens is 2. The van der Waals surface area contributed by atoms with Gasteiger partial charge in [-0.1, -0.05) is 11.6 Å². The van der Waals surface area contributed by atoms with Gasteiger partial charge in [-0.05, 0) is 39.0 Å². The van der Waals surface area contributed by atoms with Gasteiger partial charge < -0.3 is 15.2 Å². The van der Waals surface area contributed by atoms with Crippen molar-refractivity contribution in [3.63, 3.8) is 0 Å². The Morgan fingerprint density at radius 1 is 1.53 bits per heavy atom. The van der Waals surface area contributed by atoms with Gasteiger partial charge in [0.25, 0.3) is 0 Å². The summed E-state index contributed by atoms with van der Waals surface area (Å²) in [7, 11) is 0. The molecule has 1 rings (SSSR count). The first kappa shape index (κ1) is 15.7. The minimum absolute atomic E-state index is 0.112. The predicted molar refractivity (Wildman–Crippen MR) is 70.6 cm³/mol. The number of alkyl carbamates (subject to hydrolysis) is 1. The van der Waals surface area contributed by atoms with Crippen LogP contribution in [0.3, 0.4) is 0 Å². The van der Waals surface area contributed by atoms with E-state index < -0.39 is 30.2 Å². The van der Waals surface area contributed by atoms with Crippen LogP contribution in [-0.2, 0) is 4.74 Å². The van der Waals surface area contributed by atoms with Crippen molar-refractivity contribution >= 4 is 17.7 Å². The average molecular weight is 290 g/mol.